The first-order valence-electron chi connectivity index (χ1n) is 3.71. The molecule has 0 aliphatic carbocycles. The fourth-order valence-electron chi connectivity index (χ4n) is 1.09. The van der Waals surface area contributed by atoms with Gasteiger partial charge < -0.3 is 4.74 Å². The number of halogens is 3. The molecule has 2 nitrogen and oxygen atoms in total. The molecular formula is C9H7BrF2O2. The second-order valence-corrected chi connectivity index (χ2v) is 3.47. The van der Waals surface area contributed by atoms with E-state index < -0.39 is 17.4 Å². The molecule has 1 rings (SSSR count). The van der Waals surface area contributed by atoms with Gasteiger partial charge >= 0.3 is 0 Å². The Labute approximate surface area is 88.0 Å². The van der Waals surface area contributed by atoms with Gasteiger partial charge in [-0.05, 0) is 28.9 Å². The summed E-state index contributed by atoms with van der Waals surface area (Å²) in [5.41, 5.74) is -0.376. The zero-order valence-electron chi connectivity index (χ0n) is 7.53. The van der Waals surface area contributed by atoms with Crippen molar-refractivity contribution in [1.82, 2.24) is 0 Å². The molecule has 0 amide bonds. The van der Waals surface area contributed by atoms with E-state index in [9.17, 15) is 13.6 Å². The zero-order chi connectivity index (χ0) is 10.9. The Kier molecular flexibility index (Phi) is 3.21. The SMILES string of the molecule is COc1c(F)cc(Br)c(F)c1C(C)=O. The maximum absolute atomic E-state index is 13.4. The molecule has 0 atom stereocenters. The van der Waals surface area contributed by atoms with E-state index in [1.54, 1.807) is 0 Å². The lowest BCUT2D eigenvalue weighted by Gasteiger charge is -2.08. The fraction of sp³-hybridized carbons (Fsp3) is 0.222. The lowest BCUT2D eigenvalue weighted by atomic mass is 10.1. The van der Waals surface area contributed by atoms with Crippen LogP contribution in [0, 0.1) is 11.6 Å². The molecule has 0 fully saturated rings. The van der Waals surface area contributed by atoms with Crippen LogP contribution in [-0.2, 0) is 0 Å². The number of methoxy groups -OCH3 is 1. The van der Waals surface area contributed by atoms with Crippen LogP contribution in [0.4, 0.5) is 8.78 Å². The number of ether oxygens (including phenoxy) is 1. The molecule has 0 unspecified atom stereocenters. The molecule has 0 aliphatic rings. The summed E-state index contributed by atoms with van der Waals surface area (Å²) in [6, 6.07) is 0.917. The highest BCUT2D eigenvalue weighted by Crippen LogP contribution is 2.30. The summed E-state index contributed by atoms with van der Waals surface area (Å²) in [7, 11) is 1.18. The van der Waals surface area contributed by atoms with Crippen LogP contribution >= 0.6 is 15.9 Å². The minimum absolute atomic E-state index is 0.0963. The summed E-state index contributed by atoms with van der Waals surface area (Å²) < 4.78 is 31.1. The lowest BCUT2D eigenvalue weighted by Crippen LogP contribution is -2.04. The summed E-state index contributed by atoms with van der Waals surface area (Å²) in [6.07, 6.45) is 0. The summed E-state index contributed by atoms with van der Waals surface area (Å²) in [4.78, 5) is 11.0. The molecule has 0 radical (unpaired) electrons. The second-order valence-electron chi connectivity index (χ2n) is 2.62. The van der Waals surface area contributed by atoms with Gasteiger partial charge in [0.25, 0.3) is 0 Å². The monoisotopic (exact) mass is 264 g/mol. The van der Waals surface area contributed by atoms with Gasteiger partial charge in [-0.1, -0.05) is 0 Å². The highest BCUT2D eigenvalue weighted by atomic mass is 79.9. The maximum atomic E-state index is 13.4. The van der Waals surface area contributed by atoms with Crippen molar-refractivity contribution in [3.05, 3.63) is 27.7 Å². The van der Waals surface area contributed by atoms with E-state index in [0.717, 1.165) is 13.0 Å². The Bertz CT molecular complexity index is 391. The molecule has 14 heavy (non-hydrogen) atoms. The Balaban J connectivity index is 3.56. The van der Waals surface area contributed by atoms with Crippen molar-refractivity contribution >= 4 is 21.7 Å². The van der Waals surface area contributed by atoms with E-state index in [0.29, 0.717) is 0 Å². The Morgan fingerprint density at radius 2 is 2.07 bits per heavy atom. The van der Waals surface area contributed by atoms with Gasteiger partial charge in [-0.25, -0.2) is 8.78 Å². The summed E-state index contributed by atoms with van der Waals surface area (Å²) in [5, 5.41) is 0. The zero-order valence-corrected chi connectivity index (χ0v) is 9.11. The van der Waals surface area contributed by atoms with Crippen LogP contribution in [0.15, 0.2) is 10.5 Å². The minimum Gasteiger partial charge on any atom is -0.493 e. The number of benzene rings is 1. The van der Waals surface area contributed by atoms with E-state index in [4.69, 9.17) is 0 Å². The smallest absolute Gasteiger partial charge is 0.168 e. The number of carbonyl (C=O) groups excluding carboxylic acids is 1. The van der Waals surface area contributed by atoms with Crippen LogP contribution in [0.2, 0.25) is 0 Å². The average Bonchev–Trinajstić information content (AvgIpc) is 2.10. The van der Waals surface area contributed by atoms with Crippen molar-refractivity contribution in [1.29, 1.82) is 0 Å². The number of Topliss-reactive ketones (excluding diaryl/α,β-unsaturated/α-hetero) is 1. The number of hydrogen-bond donors (Lipinski definition) is 0. The van der Waals surface area contributed by atoms with Gasteiger partial charge in [0.05, 0.1) is 17.1 Å². The topological polar surface area (TPSA) is 26.3 Å². The summed E-state index contributed by atoms with van der Waals surface area (Å²) in [6.45, 7) is 1.15. The molecule has 0 aromatic heterocycles. The van der Waals surface area contributed by atoms with Gasteiger partial charge in [-0.15, -0.1) is 0 Å². The van der Waals surface area contributed by atoms with Crippen LogP contribution < -0.4 is 4.74 Å². The summed E-state index contributed by atoms with van der Waals surface area (Å²) in [5.74, 6) is -2.53. The van der Waals surface area contributed by atoms with E-state index in [2.05, 4.69) is 20.7 Å². The van der Waals surface area contributed by atoms with Crippen LogP contribution in [-0.4, -0.2) is 12.9 Å². The van der Waals surface area contributed by atoms with Crippen molar-refractivity contribution < 1.29 is 18.3 Å². The molecule has 1 aromatic rings. The largest absolute Gasteiger partial charge is 0.493 e. The van der Waals surface area contributed by atoms with Gasteiger partial charge in [0.15, 0.2) is 23.2 Å². The molecule has 0 heterocycles. The Morgan fingerprint density at radius 3 is 2.50 bits per heavy atom. The lowest BCUT2D eigenvalue weighted by molar-refractivity contribution is 0.100. The first-order chi connectivity index (χ1) is 6.49. The van der Waals surface area contributed by atoms with Crippen molar-refractivity contribution in [2.75, 3.05) is 7.11 Å². The molecule has 0 bridgehead atoms. The number of ketones is 1. The van der Waals surface area contributed by atoms with E-state index in [1.165, 1.54) is 7.11 Å². The molecule has 1 aromatic carbocycles. The fourth-order valence-corrected chi connectivity index (χ4v) is 1.49. The minimum atomic E-state index is -0.809. The van der Waals surface area contributed by atoms with Gasteiger partial charge in [0.2, 0.25) is 0 Å². The highest BCUT2D eigenvalue weighted by molar-refractivity contribution is 9.10. The van der Waals surface area contributed by atoms with Gasteiger partial charge in [-0.3, -0.25) is 4.79 Å². The Hall–Kier alpha value is -0.970. The average molecular weight is 265 g/mol. The third-order valence-electron chi connectivity index (χ3n) is 1.68. The predicted octanol–water partition coefficient (Wildman–Crippen LogP) is 2.94. The third-order valence-corrected chi connectivity index (χ3v) is 2.26. The highest BCUT2D eigenvalue weighted by Gasteiger charge is 2.21. The first-order valence-corrected chi connectivity index (χ1v) is 4.50. The quantitative estimate of drug-likeness (QED) is 0.607. The molecule has 5 heteroatoms. The van der Waals surface area contributed by atoms with Crippen LogP contribution in [0.5, 0.6) is 5.75 Å². The van der Waals surface area contributed by atoms with Gasteiger partial charge in [0.1, 0.15) is 0 Å². The van der Waals surface area contributed by atoms with Crippen LogP contribution in [0.3, 0.4) is 0 Å². The van der Waals surface area contributed by atoms with Crippen LogP contribution in [0.25, 0.3) is 0 Å². The molecule has 76 valence electrons. The van der Waals surface area contributed by atoms with Gasteiger partial charge in [-0.2, -0.15) is 0 Å². The number of hydrogen-bond acceptors (Lipinski definition) is 2. The molecular weight excluding hydrogens is 258 g/mol. The molecule has 0 N–H and O–H groups in total. The van der Waals surface area contributed by atoms with E-state index in [1.807, 2.05) is 0 Å². The molecule has 0 aliphatic heterocycles. The Morgan fingerprint density at radius 1 is 1.50 bits per heavy atom. The van der Waals surface area contributed by atoms with Gasteiger partial charge in [0, 0.05) is 0 Å². The molecule has 0 saturated carbocycles. The molecule has 0 saturated heterocycles. The van der Waals surface area contributed by atoms with Crippen molar-refractivity contribution in [2.45, 2.75) is 6.92 Å². The third kappa shape index (κ3) is 1.77. The molecule has 0 spiro atoms. The normalized spacial score (nSPS) is 10.1. The van der Waals surface area contributed by atoms with E-state index >= 15 is 0 Å². The number of carbonyl (C=O) groups is 1. The van der Waals surface area contributed by atoms with Crippen LogP contribution in [0.1, 0.15) is 17.3 Å². The first kappa shape index (κ1) is 11.1. The van der Waals surface area contributed by atoms with E-state index in [-0.39, 0.29) is 15.8 Å². The summed E-state index contributed by atoms with van der Waals surface area (Å²) >= 11 is 2.81. The second kappa shape index (κ2) is 4.04. The standard InChI is InChI=1S/C9H7BrF2O2/c1-4(13)7-8(12)5(10)3-6(11)9(7)14-2/h3H,1-2H3. The van der Waals surface area contributed by atoms with Crippen molar-refractivity contribution in [2.24, 2.45) is 0 Å². The predicted molar refractivity (Wildman–Crippen MR) is 50.6 cm³/mol. The maximum Gasteiger partial charge on any atom is 0.168 e. The number of rotatable bonds is 2. The van der Waals surface area contributed by atoms with Crippen molar-refractivity contribution in [3.63, 3.8) is 0 Å². The van der Waals surface area contributed by atoms with Crippen molar-refractivity contribution in [3.8, 4) is 5.75 Å².